The summed E-state index contributed by atoms with van der Waals surface area (Å²) in [6, 6.07) is 0.384. The molecule has 0 aliphatic heterocycles. The van der Waals surface area contributed by atoms with E-state index in [9.17, 15) is 9.59 Å². The van der Waals surface area contributed by atoms with Gasteiger partial charge in [-0.15, -0.1) is 0 Å². The fraction of sp³-hybridized carbons (Fsp3) is 0.833. The van der Waals surface area contributed by atoms with Crippen LogP contribution in [0.1, 0.15) is 39.5 Å². The highest BCUT2D eigenvalue weighted by Crippen LogP contribution is 2.18. The molecule has 0 bridgehead atoms. The number of amides is 3. The van der Waals surface area contributed by atoms with Gasteiger partial charge in [0.1, 0.15) is 0 Å². The maximum atomic E-state index is 11.5. The summed E-state index contributed by atoms with van der Waals surface area (Å²) in [5.41, 5.74) is 0. The van der Waals surface area contributed by atoms with Crippen molar-refractivity contribution in [2.45, 2.75) is 51.6 Å². The third-order valence-electron chi connectivity index (χ3n) is 3.16. The number of rotatable bonds is 3. The maximum absolute atomic E-state index is 11.5. The van der Waals surface area contributed by atoms with Crippen LogP contribution < -0.4 is 16.0 Å². The molecule has 1 aliphatic carbocycles. The molecule has 5 nitrogen and oxygen atoms in total. The van der Waals surface area contributed by atoms with Crippen LogP contribution in [-0.4, -0.2) is 31.1 Å². The molecule has 0 atom stereocenters. The van der Waals surface area contributed by atoms with E-state index >= 15 is 0 Å². The summed E-state index contributed by atoms with van der Waals surface area (Å²) in [7, 11) is 1.61. The zero-order chi connectivity index (χ0) is 12.8. The molecular formula is C12H23N3O2. The summed E-state index contributed by atoms with van der Waals surface area (Å²) in [5.74, 6) is 0.157. The van der Waals surface area contributed by atoms with E-state index in [1.165, 1.54) is 0 Å². The van der Waals surface area contributed by atoms with Crippen molar-refractivity contribution in [2.24, 2.45) is 5.92 Å². The van der Waals surface area contributed by atoms with Gasteiger partial charge in [-0.3, -0.25) is 4.79 Å². The van der Waals surface area contributed by atoms with Crippen LogP contribution in [0.25, 0.3) is 0 Å². The Morgan fingerprint density at radius 2 is 1.47 bits per heavy atom. The van der Waals surface area contributed by atoms with Gasteiger partial charge < -0.3 is 16.0 Å². The molecule has 0 aromatic heterocycles. The smallest absolute Gasteiger partial charge is 0.314 e. The van der Waals surface area contributed by atoms with Crippen molar-refractivity contribution in [3.63, 3.8) is 0 Å². The maximum Gasteiger partial charge on any atom is 0.314 e. The molecule has 17 heavy (non-hydrogen) atoms. The first kappa shape index (κ1) is 13.8. The third-order valence-corrected chi connectivity index (χ3v) is 3.16. The molecule has 1 aliphatic rings. The standard InChI is InChI=1S/C12H23N3O2/c1-8(2)11(16)14-9-4-6-10(7-5-9)15-12(17)13-3/h8-10H,4-7H2,1-3H3,(H,14,16)(H2,13,15,17). The number of urea groups is 1. The quantitative estimate of drug-likeness (QED) is 0.690. The highest BCUT2D eigenvalue weighted by atomic mass is 16.2. The van der Waals surface area contributed by atoms with E-state index in [0.29, 0.717) is 0 Å². The molecule has 3 amide bonds. The molecule has 1 rings (SSSR count). The Morgan fingerprint density at radius 3 is 1.88 bits per heavy atom. The summed E-state index contributed by atoms with van der Waals surface area (Å²) < 4.78 is 0. The van der Waals surface area contributed by atoms with Crippen LogP contribution in [0.5, 0.6) is 0 Å². The molecule has 0 aromatic rings. The molecule has 0 unspecified atom stereocenters. The average molecular weight is 241 g/mol. The van der Waals surface area contributed by atoms with Gasteiger partial charge in [0.25, 0.3) is 0 Å². The van der Waals surface area contributed by atoms with Gasteiger partial charge in [0, 0.05) is 25.0 Å². The molecule has 1 saturated carbocycles. The SMILES string of the molecule is CNC(=O)NC1CCC(NC(=O)C(C)C)CC1. The first-order valence-corrected chi connectivity index (χ1v) is 6.31. The summed E-state index contributed by atoms with van der Waals surface area (Å²) >= 11 is 0. The van der Waals surface area contributed by atoms with Gasteiger partial charge in [0.05, 0.1) is 0 Å². The van der Waals surface area contributed by atoms with Crippen molar-refractivity contribution in [1.82, 2.24) is 16.0 Å². The Hall–Kier alpha value is -1.26. The molecule has 5 heteroatoms. The number of hydrogen-bond acceptors (Lipinski definition) is 2. The van der Waals surface area contributed by atoms with Crippen LogP contribution in [0.3, 0.4) is 0 Å². The first-order valence-electron chi connectivity index (χ1n) is 6.31. The van der Waals surface area contributed by atoms with Crippen LogP contribution in [0.15, 0.2) is 0 Å². The number of nitrogens with one attached hydrogen (secondary N) is 3. The van der Waals surface area contributed by atoms with Crippen molar-refractivity contribution in [2.75, 3.05) is 7.05 Å². The lowest BCUT2D eigenvalue weighted by Crippen LogP contribution is -2.46. The Morgan fingerprint density at radius 1 is 1.00 bits per heavy atom. The molecule has 3 N–H and O–H groups in total. The number of hydrogen-bond donors (Lipinski definition) is 3. The number of carbonyl (C=O) groups is 2. The fourth-order valence-corrected chi connectivity index (χ4v) is 2.01. The molecule has 0 radical (unpaired) electrons. The van der Waals surface area contributed by atoms with Crippen LogP contribution in [0, 0.1) is 5.92 Å². The Labute approximate surface area is 103 Å². The highest BCUT2D eigenvalue weighted by molar-refractivity contribution is 5.78. The van der Waals surface area contributed by atoms with Gasteiger partial charge >= 0.3 is 6.03 Å². The second-order valence-corrected chi connectivity index (χ2v) is 4.94. The van der Waals surface area contributed by atoms with E-state index in [0.717, 1.165) is 25.7 Å². The molecule has 0 heterocycles. The lowest BCUT2D eigenvalue weighted by Gasteiger charge is -2.30. The summed E-state index contributed by atoms with van der Waals surface area (Å²) in [5, 5.41) is 8.49. The van der Waals surface area contributed by atoms with Gasteiger partial charge in [-0.05, 0) is 25.7 Å². The Bertz CT molecular complexity index is 271. The van der Waals surface area contributed by atoms with Gasteiger partial charge in [-0.2, -0.15) is 0 Å². The molecule has 98 valence electrons. The van der Waals surface area contributed by atoms with Crippen LogP contribution in [-0.2, 0) is 4.79 Å². The van der Waals surface area contributed by atoms with Crippen molar-refractivity contribution >= 4 is 11.9 Å². The molecule has 0 saturated heterocycles. The lowest BCUT2D eigenvalue weighted by atomic mass is 9.91. The first-order chi connectivity index (χ1) is 8.02. The lowest BCUT2D eigenvalue weighted by molar-refractivity contribution is -0.124. The minimum absolute atomic E-state index is 0.0386. The third kappa shape index (κ3) is 4.63. The molecule has 1 fully saturated rings. The van der Waals surface area contributed by atoms with Crippen molar-refractivity contribution in [3.8, 4) is 0 Å². The predicted octanol–water partition coefficient (Wildman–Crippen LogP) is 0.999. The zero-order valence-electron chi connectivity index (χ0n) is 10.9. The Balaban J connectivity index is 2.26. The topological polar surface area (TPSA) is 70.2 Å². The summed E-state index contributed by atoms with van der Waals surface area (Å²) in [6.07, 6.45) is 3.73. The monoisotopic (exact) mass is 241 g/mol. The molecular weight excluding hydrogens is 218 g/mol. The van der Waals surface area contributed by atoms with Crippen molar-refractivity contribution in [3.05, 3.63) is 0 Å². The largest absolute Gasteiger partial charge is 0.353 e. The normalized spacial score (nSPS) is 24.2. The predicted molar refractivity (Wildman–Crippen MR) is 66.6 cm³/mol. The van der Waals surface area contributed by atoms with E-state index in [2.05, 4.69) is 16.0 Å². The van der Waals surface area contributed by atoms with E-state index in [-0.39, 0.29) is 29.9 Å². The highest BCUT2D eigenvalue weighted by Gasteiger charge is 2.23. The second kappa shape index (κ2) is 6.47. The van der Waals surface area contributed by atoms with Crippen molar-refractivity contribution in [1.29, 1.82) is 0 Å². The zero-order valence-corrected chi connectivity index (χ0v) is 10.9. The van der Waals surface area contributed by atoms with E-state index in [1.54, 1.807) is 7.05 Å². The van der Waals surface area contributed by atoms with Crippen molar-refractivity contribution < 1.29 is 9.59 Å². The number of carbonyl (C=O) groups excluding carboxylic acids is 2. The summed E-state index contributed by atoms with van der Waals surface area (Å²) in [4.78, 5) is 22.7. The van der Waals surface area contributed by atoms with Gasteiger partial charge in [-0.1, -0.05) is 13.8 Å². The van der Waals surface area contributed by atoms with Crippen LogP contribution in [0.4, 0.5) is 4.79 Å². The van der Waals surface area contributed by atoms with E-state index in [1.807, 2.05) is 13.8 Å². The van der Waals surface area contributed by atoms with Gasteiger partial charge in [0.15, 0.2) is 0 Å². The minimum atomic E-state index is -0.125. The van der Waals surface area contributed by atoms with E-state index in [4.69, 9.17) is 0 Å². The van der Waals surface area contributed by atoms with Crippen LogP contribution in [0.2, 0.25) is 0 Å². The van der Waals surface area contributed by atoms with Gasteiger partial charge in [-0.25, -0.2) is 4.79 Å². The van der Waals surface area contributed by atoms with E-state index < -0.39 is 0 Å². The summed E-state index contributed by atoms with van der Waals surface area (Å²) in [6.45, 7) is 3.79. The molecule has 0 spiro atoms. The minimum Gasteiger partial charge on any atom is -0.353 e. The molecule has 0 aromatic carbocycles. The average Bonchev–Trinajstić information content (AvgIpc) is 2.31. The van der Waals surface area contributed by atoms with Gasteiger partial charge in [0.2, 0.25) is 5.91 Å². The van der Waals surface area contributed by atoms with Crippen LogP contribution >= 0.6 is 0 Å². The fourth-order valence-electron chi connectivity index (χ4n) is 2.01. The second-order valence-electron chi connectivity index (χ2n) is 4.94. The Kier molecular flexibility index (Phi) is 5.25.